The molecule has 0 N–H and O–H groups in total. The molecule has 0 spiro atoms. The Morgan fingerprint density at radius 2 is 1.06 bits per heavy atom. The molecule has 7 heteroatoms. The Balaban J connectivity index is 0.00000600. The molecule has 16 rings (SSSR count). The number of aromatic nitrogens is 3. The Kier molecular flexibility index (Phi) is 12.2. The molecule has 0 bridgehead atoms. The minimum atomic E-state index is 0. The van der Waals surface area contributed by atoms with Gasteiger partial charge < -0.3 is 23.7 Å². The second-order valence-electron chi connectivity index (χ2n) is 22.8. The molecule has 0 aliphatic carbocycles. The quantitative estimate of drug-likeness (QED) is 0.142. The van der Waals surface area contributed by atoms with Crippen LogP contribution in [0.1, 0.15) is 31.9 Å². The summed E-state index contributed by atoms with van der Waals surface area (Å²) in [6.45, 7) is 11.1. The number of fused-ring (bicyclic) bond motifs is 13. The van der Waals surface area contributed by atoms with Crippen LogP contribution in [0.25, 0.3) is 111 Å². The zero-order chi connectivity index (χ0) is 55.5. The van der Waals surface area contributed by atoms with Crippen LogP contribution in [-0.4, -0.2) is 14.1 Å². The van der Waals surface area contributed by atoms with E-state index >= 15 is 0 Å². The number of nitrogens with zero attached hydrogens (tertiary/aromatic N) is 5. The summed E-state index contributed by atoms with van der Waals surface area (Å²) in [5.74, 6) is 1.94. The predicted molar refractivity (Wildman–Crippen MR) is 343 cm³/mol. The van der Waals surface area contributed by atoms with Gasteiger partial charge in [0.25, 0.3) is 0 Å². The first-order chi connectivity index (χ1) is 40.7. The number of ether oxygens (including phenoxy) is 1. The summed E-state index contributed by atoms with van der Waals surface area (Å²) in [5, 5.41) is 4.64. The summed E-state index contributed by atoms with van der Waals surface area (Å²) >= 11 is 0. The molecule has 0 radical (unpaired) electrons. The maximum Gasteiger partial charge on any atom is 0.135 e. The summed E-state index contributed by atoms with van der Waals surface area (Å²) in [5.41, 5.74) is 23.5. The molecule has 0 unspecified atom stereocenters. The predicted octanol–water partition coefficient (Wildman–Crippen LogP) is 20.3. The molecule has 0 amide bonds. The molecular formula is C77H54N5OPt-3. The van der Waals surface area contributed by atoms with Gasteiger partial charge in [0, 0.05) is 99.9 Å². The van der Waals surface area contributed by atoms with Gasteiger partial charge in [-0.1, -0.05) is 202 Å². The van der Waals surface area contributed by atoms with Gasteiger partial charge in [0.1, 0.15) is 5.82 Å². The first-order valence-electron chi connectivity index (χ1n) is 28.4. The van der Waals surface area contributed by atoms with Crippen molar-refractivity contribution in [2.24, 2.45) is 0 Å². The SMILES string of the molecule is Cc1cc(-n2c3[c-]c(Oc4[c-]c(N5[CH-]N(c6c(-c7ccccc7)cccc6-c6ccccc6)c6ccccc65)ccc4)ccc3c3c4c(ccc32)-n2c3ccccc3c3cccc(c32)-c2ccccc2-4)ncc1-c1ccc(C(C)(C)C)cc1.[Pt]. The topological polar surface area (TPSA) is 38.5 Å². The normalized spacial score (nSPS) is 12.6. The van der Waals surface area contributed by atoms with Crippen molar-refractivity contribution in [3.63, 3.8) is 0 Å². The second kappa shape index (κ2) is 20.0. The van der Waals surface area contributed by atoms with Crippen molar-refractivity contribution in [2.75, 3.05) is 9.80 Å². The van der Waals surface area contributed by atoms with E-state index in [-0.39, 0.29) is 26.5 Å². The van der Waals surface area contributed by atoms with E-state index in [1.807, 2.05) is 18.3 Å². The van der Waals surface area contributed by atoms with Crippen molar-refractivity contribution < 1.29 is 25.8 Å². The summed E-state index contributed by atoms with van der Waals surface area (Å²) in [6.07, 6.45) is 2.03. The summed E-state index contributed by atoms with van der Waals surface area (Å²) in [4.78, 5) is 9.88. The van der Waals surface area contributed by atoms with Crippen molar-refractivity contribution in [3.05, 3.63) is 279 Å². The molecule has 0 fully saturated rings. The van der Waals surface area contributed by atoms with E-state index < -0.39 is 0 Å². The third-order valence-corrected chi connectivity index (χ3v) is 16.9. The van der Waals surface area contributed by atoms with Crippen LogP contribution in [0.5, 0.6) is 11.5 Å². The maximum absolute atomic E-state index is 6.97. The van der Waals surface area contributed by atoms with Gasteiger partial charge in [0.15, 0.2) is 0 Å². The zero-order valence-electron chi connectivity index (χ0n) is 46.7. The molecule has 84 heavy (non-hydrogen) atoms. The first kappa shape index (κ1) is 51.2. The van der Waals surface area contributed by atoms with Gasteiger partial charge in [-0.25, -0.2) is 4.98 Å². The third kappa shape index (κ3) is 8.14. The molecule has 2 aliphatic heterocycles. The Morgan fingerprint density at radius 3 is 1.80 bits per heavy atom. The van der Waals surface area contributed by atoms with E-state index in [1.54, 1.807) is 0 Å². The molecule has 2 aliphatic rings. The summed E-state index contributed by atoms with van der Waals surface area (Å²) in [7, 11) is 0. The van der Waals surface area contributed by atoms with E-state index in [0.717, 1.165) is 101 Å². The van der Waals surface area contributed by atoms with Gasteiger partial charge in [-0.2, -0.15) is 12.1 Å². The average Bonchev–Trinajstić information content (AvgIpc) is 1.99. The Bertz CT molecular complexity index is 4860. The Hall–Kier alpha value is -9.74. The van der Waals surface area contributed by atoms with Crippen molar-refractivity contribution in [3.8, 4) is 78.6 Å². The number of rotatable bonds is 8. The summed E-state index contributed by atoms with van der Waals surface area (Å²) < 4.78 is 11.7. The minimum Gasteiger partial charge on any atom is -0.509 e. The molecule has 0 saturated carbocycles. The molecule has 0 atom stereocenters. The molecule has 11 aromatic carbocycles. The van der Waals surface area contributed by atoms with Crippen LogP contribution in [-0.2, 0) is 26.5 Å². The molecule has 5 heterocycles. The first-order valence-corrected chi connectivity index (χ1v) is 28.4. The van der Waals surface area contributed by atoms with Gasteiger partial charge in [0.05, 0.1) is 16.7 Å². The zero-order valence-corrected chi connectivity index (χ0v) is 49.0. The van der Waals surface area contributed by atoms with E-state index in [0.29, 0.717) is 11.5 Å². The Labute approximate surface area is 503 Å². The fourth-order valence-corrected chi connectivity index (χ4v) is 13.0. The van der Waals surface area contributed by atoms with Crippen LogP contribution in [0, 0.1) is 25.7 Å². The van der Waals surface area contributed by atoms with Crippen molar-refractivity contribution >= 4 is 66.4 Å². The van der Waals surface area contributed by atoms with Crippen LogP contribution < -0.4 is 14.5 Å². The van der Waals surface area contributed by atoms with E-state index in [4.69, 9.17) is 9.72 Å². The molecular weight excluding hydrogens is 1210 g/mol. The van der Waals surface area contributed by atoms with Gasteiger partial charge in [-0.3, -0.25) is 0 Å². The largest absolute Gasteiger partial charge is 0.509 e. The van der Waals surface area contributed by atoms with Crippen molar-refractivity contribution in [1.82, 2.24) is 14.1 Å². The van der Waals surface area contributed by atoms with Crippen LogP contribution in [0.3, 0.4) is 0 Å². The van der Waals surface area contributed by atoms with Crippen molar-refractivity contribution in [2.45, 2.75) is 33.1 Å². The maximum atomic E-state index is 6.97. The van der Waals surface area contributed by atoms with Crippen LogP contribution >= 0.6 is 0 Å². The van der Waals surface area contributed by atoms with Crippen LogP contribution in [0.15, 0.2) is 249 Å². The molecule has 0 saturated heterocycles. The second-order valence-corrected chi connectivity index (χ2v) is 22.8. The summed E-state index contributed by atoms with van der Waals surface area (Å²) in [6, 6.07) is 94.6. The van der Waals surface area contributed by atoms with Gasteiger partial charge in [-0.15, -0.1) is 48.1 Å². The van der Waals surface area contributed by atoms with Crippen LogP contribution in [0.4, 0.5) is 22.7 Å². The fourth-order valence-electron chi connectivity index (χ4n) is 13.0. The average molecular weight is 1260 g/mol. The molecule has 14 aromatic rings. The van der Waals surface area contributed by atoms with Crippen molar-refractivity contribution in [1.29, 1.82) is 0 Å². The number of hydrogen-bond donors (Lipinski definition) is 0. The van der Waals surface area contributed by atoms with E-state index in [9.17, 15) is 0 Å². The van der Waals surface area contributed by atoms with Gasteiger partial charge >= 0.3 is 0 Å². The van der Waals surface area contributed by atoms with Gasteiger partial charge in [0.2, 0.25) is 0 Å². The number of hydrogen-bond acceptors (Lipinski definition) is 4. The number of para-hydroxylation sites is 5. The smallest absolute Gasteiger partial charge is 0.135 e. The molecule has 6 nitrogen and oxygen atoms in total. The monoisotopic (exact) mass is 1260 g/mol. The van der Waals surface area contributed by atoms with Crippen LogP contribution in [0.2, 0.25) is 0 Å². The van der Waals surface area contributed by atoms with Gasteiger partial charge in [-0.05, 0) is 93.1 Å². The molecule has 3 aromatic heterocycles. The van der Waals surface area contributed by atoms with E-state index in [1.165, 1.54) is 44.1 Å². The number of aryl methyl sites for hydroxylation is 1. The minimum absolute atomic E-state index is 0. The Morgan fingerprint density at radius 1 is 0.452 bits per heavy atom. The standard InChI is InChI=1S/C77H54N5O.Pt/c1-49-44-72(78-47-65(49)52-36-38-53(39-37-52)77(2,3)4)81-69-42-43-70-73(61-28-12-11-26-59(61)62-31-19-32-63-60-27-13-14-33-66(60)82(70)76(62)63)74(69)64-41-40-56(46-71(64)81)83-55-25-17-24-54(45-55)79-48-80(68-35-16-15-34-67(68)79)75-57(50-20-7-5-8-21-50)29-18-30-58(75)51-22-9-6-10-23-51;/h5-44,47-48H,1-4H3;/q-3;. The third-order valence-electron chi connectivity index (χ3n) is 16.9. The molecule has 406 valence electrons. The fraction of sp³-hybridized carbons (Fsp3) is 0.0649. The van der Waals surface area contributed by atoms with E-state index in [2.05, 4.69) is 296 Å². The number of pyridine rings is 1. The number of benzene rings is 11. The number of anilines is 4.